The molecule has 1 N–H and O–H groups in total. The van der Waals surface area contributed by atoms with Gasteiger partial charge in [0.05, 0.1) is 29.8 Å². The standard InChI is InChI=1S/C19H19F3N2O4S/c20-19(21,22)28-17-9-5-4-8-16(17)23-12-18(25)24(14-6-2-1-3-7-14)15-10-11-29(26,27)13-15/h1-9,15,23H,10-13H2/t15-/m0/s1. The minimum absolute atomic E-state index is 0.00484. The maximum atomic E-state index is 12.9. The van der Waals surface area contributed by atoms with Crippen molar-refractivity contribution in [3.05, 3.63) is 54.6 Å². The summed E-state index contributed by atoms with van der Waals surface area (Å²) in [5, 5.41) is 2.66. The fourth-order valence-corrected chi connectivity index (χ4v) is 4.91. The minimum atomic E-state index is -4.87. The van der Waals surface area contributed by atoms with Crippen LogP contribution in [0.2, 0.25) is 0 Å². The second-order valence-electron chi connectivity index (χ2n) is 6.55. The molecule has 0 aromatic heterocycles. The van der Waals surface area contributed by atoms with Crippen LogP contribution in [0, 0.1) is 0 Å². The quantitative estimate of drug-likeness (QED) is 0.765. The average Bonchev–Trinajstić information content (AvgIpc) is 3.00. The number of anilines is 2. The zero-order chi connectivity index (χ0) is 21.1. The van der Waals surface area contributed by atoms with Gasteiger partial charge in [0.25, 0.3) is 0 Å². The molecular formula is C19H19F3N2O4S. The Hall–Kier alpha value is -2.75. The molecule has 0 radical (unpaired) electrons. The number of hydrogen-bond acceptors (Lipinski definition) is 5. The van der Waals surface area contributed by atoms with Gasteiger partial charge in [-0.25, -0.2) is 8.42 Å². The van der Waals surface area contributed by atoms with E-state index in [0.29, 0.717) is 12.1 Å². The van der Waals surface area contributed by atoms with Gasteiger partial charge >= 0.3 is 6.36 Å². The number of halogens is 3. The van der Waals surface area contributed by atoms with E-state index in [4.69, 9.17) is 0 Å². The fraction of sp³-hybridized carbons (Fsp3) is 0.316. The van der Waals surface area contributed by atoms with Crippen molar-refractivity contribution >= 4 is 27.1 Å². The van der Waals surface area contributed by atoms with Crippen LogP contribution in [0.4, 0.5) is 24.5 Å². The van der Waals surface area contributed by atoms with E-state index in [1.54, 1.807) is 30.3 Å². The first-order valence-corrected chi connectivity index (χ1v) is 10.6. The smallest absolute Gasteiger partial charge is 0.404 e. The average molecular weight is 428 g/mol. The van der Waals surface area contributed by atoms with Crippen molar-refractivity contribution in [2.75, 3.05) is 28.3 Å². The first-order chi connectivity index (χ1) is 13.6. The maximum Gasteiger partial charge on any atom is 0.573 e. The summed E-state index contributed by atoms with van der Waals surface area (Å²) in [4.78, 5) is 14.3. The molecule has 1 amide bonds. The molecule has 1 aliphatic heterocycles. The molecule has 1 saturated heterocycles. The molecule has 1 fully saturated rings. The summed E-state index contributed by atoms with van der Waals surface area (Å²) in [5.74, 6) is -1.08. The van der Waals surface area contributed by atoms with E-state index in [-0.39, 0.29) is 23.7 Å². The molecule has 1 atom stereocenters. The van der Waals surface area contributed by atoms with E-state index in [9.17, 15) is 26.4 Å². The van der Waals surface area contributed by atoms with Crippen molar-refractivity contribution in [1.29, 1.82) is 0 Å². The molecule has 29 heavy (non-hydrogen) atoms. The number of rotatable bonds is 6. The second-order valence-corrected chi connectivity index (χ2v) is 8.78. The van der Waals surface area contributed by atoms with Crippen LogP contribution in [0.15, 0.2) is 54.6 Å². The zero-order valence-corrected chi connectivity index (χ0v) is 16.0. The molecule has 2 aromatic carbocycles. The number of carbonyl (C=O) groups excluding carboxylic acids is 1. The van der Waals surface area contributed by atoms with E-state index in [2.05, 4.69) is 10.1 Å². The van der Waals surface area contributed by atoms with E-state index in [0.717, 1.165) is 6.07 Å². The first-order valence-electron chi connectivity index (χ1n) is 8.81. The van der Waals surface area contributed by atoms with Crippen LogP contribution in [0.5, 0.6) is 5.75 Å². The van der Waals surface area contributed by atoms with Crippen molar-refractivity contribution in [3.63, 3.8) is 0 Å². The number of sulfone groups is 1. The Morgan fingerprint density at radius 1 is 1.10 bits per heavy atom. The number of amides is 1. The molecule has 1 aliphatic rings. The number of ether oxygens (including phenoxy) is 1. The van der Waals surface area contributed by atoms with E-state index in [1.807, 2.05) is 0 Å². The minimum Gasteiger partial charge on any atom is -0.404 e. The van der Waals surface area contributed by atoms with Gasteiger partial charge in [0.1, 0.15) is 0 Å². The van der Waals surface area contributed by atoms with Crippen LogP contribution < -0.4 is 15.0 Å². The Bertz CT molecular complexity index is 965. The third-order valence-electron chi connectivity index (χ3n) is 4.42. The fourth-order valence-electron chi connectivity index (χ4n) is 3.21. The number of hydrogen-bond donors (Lipinski definition) is 1. The molecule has 6 nitrogen and oxygen atoms in total. The molecule has 0 unspecified atom stereocenters. The lowest BCUT2D eigenvalue weighted by molar-refractivity contribution is -0.274. The van der Waals surface area contributed by atoms with Crippen LogP contribution in [0.25, 0.3) is 0 Å². The topological polar surface area (TPSA) is 75.7 Å². The van der Waals surface area contributed by atoms with Gasteiger partial charge in [-0.3, -0.25) is 4.79 Å². The van der Waals surface area contributed by atoms with Crippen molar-refractivity contribution < 1.29 is 31.1 Å². The van der Waals surface area contributed by atoms with Crippen LogP contribution in [0.3, 0.4) is 0 Å². The summed E-state index contributed by atoms with van der Waals surface area (Å²) < 4.78 is 65.4. The third-order valence-corrected chi connectivity index (χ3v) is 6.17. The maximum absolute atomic E-state index is 12.9. The first kappa shape index (κ1) is 21.0. The number of nitrogens with one attached hydrogen (secondary N) is 1. The van der Waals surface area contributed by atoms with E-state index < -0.39 is 33.9 Å². The van der Waals surface area contributed by atoms with Gasteiger partial charge in [-0.2, -0.15) is 0 Å². The normalized spacial score (nSPS) is 18.2. The molecule has 1 heterocycles. The third kappa shape index (κ3) is 5.63. The summed E-state index contributed by atoms with van der Waals surface area (Å²) in [5.41, 5.74) is 0.534. The van der Waals surface area contributed by atoms with Crippen LogP contribution in [0.1, 0.15) is 6.42 Å². The Morgan fingerprint density at radius 2 is 1.76 bits per heavy atom. The molecule has 0 saturated carbocycles. The van der Waals surface area contributed by atoms with Gasteiger partial charge in [0.2, 0.25) is 5.91 Å². The highest BCUT2D eigenvalue weighted by molar-refractivity contribution is 7.91. The Labute approximate surface area is 166 Å². The molecular weight excluding hydrogens is 409 g/mol. The number of carbonyl (C=O) groups is 1. The zero-order valence-electron chi connectivity index (χ0n) is 15.2. The summed E-state index contributed by atoms with van der Waals surface area (Å²) in [6.45, 7) is -0.330. The molecule has 0 bridgehead atoms. The molecule has 10 heteroatoms. The molecule has 156 valence electrons. The SMILES string of the molecule is O=C(CNc1ccccc1OC(F)(F)F)N(c1ccccc1)[C@H]1CCS(=O)(=O)C1. The number of benzene rings is 2. The van der Waals surface area contributed by atoms with Crippen molar-refractivity contribution in [2.45, 2.75) is 18.8 Å². The largest absolute Gasteiger partial charge is 0.573 e. The monoisotopic (exact) mass is 428 g/mol. The van der Waals surface area contributed by atoms with Crippen LogP contribution >= 0.6 is 0 Å². The number of nitrogens with zero attached hydrogens (tertiary/aromatic N) is 1. The van der Waals surface area contributed by atoms with Gasteiger partial charge in [-0.15, -0.1) is 13.2 Å². The lowest BCUT2D eigenvalue weighted by Gasteiger charge is -2.29. The predicted octanol–water partition coefficient (Wildman–Crippen LogP) is 3.22. The second kappa shape index (κ2) is 8.32. The van der Waals surface area contributed by atoms with E-state index in [1.165, 1.54) is 23.1 Å². The van der Waals surface area contributed by atoms with E-state index >= 15 is 0 Å². The van der Waals surface area contributed by atoms with Crippen molar-refractivity contribution in [3.8, 4) is 5.75 Å². The van der Waals surface area contributed by atoms with Gasteiger partial charge < -0.3 is 15.0 Å². The number of para-hydroxylation sites is 3. The molecule has 0 aliphatic carbocycles. The van der Waals surface area contributed by atoms with Gasteiger partial charge in [-0.05, 0) is 30.7 Å². The van der Waals surface area contributed by atoms with Crippen LogP contribution in [-0.2, 0) is 14.6 Å². The molecule has 0 spiro atoms. The van der Waals surface area contributed by atoms with Crippen molar-refractivity contribution in [1.82, 2.24) is 0 Å². The highest BCUT2D eigenvalue weighted by Gasteiger charge is 2.36. The Kier molecular flexibility index (Phi) is 6.02. The van der Waals surface area contributed by atoms with Crippen molar-refractivity contribution in [2.24, 2.45) is 0 Å². The summed E-state index contributed by atoms with van der Waals surface area (Å²) in [7, 11) is -3.24. The number of alkyl halides is 3. The highest BCUT2D eigenvalue weighted by Crippen LogP contribution is 2.30. The lowest BCUT2D eigenvalue weighted by atomic mass is 10.1. The summed E-state index contributed by atoms with van der Waals surface area (Å²) in [6.07, 6.45) is -4.56. The predicted molar refractivity (Wildman–Crippen MR) is 103 cm³/mol. The summed E-state index contributed by atoms with van der Waals surface area (Å²) in [6, 6.07) is 13.4. The lowest BCUT2D eigenvalue weighted by Crippen LogP contribution is -2.44. The van der Waals surface area contributed by atoms with Crippen LogP contribution in [-0.4, -0.2) is 44.8 Å². The van der Waals surface area contributed by atoms with Gasteiger partial charge in [0, 0.05) is 5.69 Å². The van der Waals surface area contributed by atoms with Gasteiger partial charge in [-0.1, -0.05) is 30.3 Å². The highest BCUT2D eigenvalue weighted by atomic mass is 32.2. The summed E-state index contributed by atoms with van der Waals surface area (Å²) >= 11 is 0. The molecule has 3 rings (SSSR count). The Balaban J connectivity index is 1.78. The molecule has 2 aromatic rings. The van der Waals surface area contributed by atoms with Gasteiger partial charge in [0.15, 0.2) is 15.6 Å². The Morgan fingerprint density at radius 3 is 2.38 bits per heavy atom.